The van der Waals surface area contributed by atoms with Crippen molar-refractivity contribution in [3.05, 3.63) is 12.4 Å². The maximum Gasteiger partial charge on any atom is 0.160 e. The number of anilines is 2. The molecule has 14 heavy (non-hydrogen) atoms. The molecule has 1 unspecified atom stereocenters. The van der Waals surface area contributed by atoms with Crippen LogP contribution >= 0.6 is 0 Å². The molecule has 0 aliphatic rings. The van der Waals surface area contributed by atoms with Gasteiger partial charge in [0.05, 0.1) is 12.4 Å². The zero-order valence-corrected chi connectivity index (χ0v) is 8.67. The Hall–Kier alpha value is -1.21. The van der Waals surface area contributed by atoms with E-state index in [1.54, 1.807) is 12.5 Å². The number of hydrazine groups is 1. The van der Waals surface area contributed by atoms with Gasteiger partial charge in [-0.05, 0) is 0 Å². The van der Waals surface area contributed by atoms with Crippen LogP contribution in [0, 0.1) is 0 Å². The summed E-state index contributed by atoms with van der Waals surface area (Å²) in [7, 11) is -0.797. The van der Waals surface area contributed by atoms with Crippen LogP contribution in [0.25, 0.3) is 0 Å². The maximum absolute atomic E-state index is 10.8. The highest BCUT2D eigenvalue weighted by Crippen LogP contribution is 2.04. The lowest BCUT2D eigenvalue weighted by molar-refractivity contribution is 0.687. The summed E-state index contributed by atoms with van der Waals surface area (Å²) < 4.78 is 10.8. The summed E-state index contributed by atoms with van der Waals surface area (Å²) in [6.07, 6.45) is 4.76. The van der Waals surface area contributed by atoms with Crippen molar-refractivity contribution in [2.45, 2.75) is 0 Å². The number of hydrogen-bond donors (Lipinski definition) is 3. The van der Waals surface area contributed by atoms with Crippen molar-refractivity contribution in [1.82, 2.24) is 9.97 Å². The topological polar surface area (TPSA) is 92.9 Å². The van der Waals surface area contributed by atoms with Gasteiger partial charge in [0.2, 0.25) is 0 Å². The average molecular weight is 215 g/mol. The Morgan fingerprint density at radius 2 is 2.21 bits per heavy atom. The van der Waals surface area contributed by atoms with Crippen molar-refractivity contribution in [1.29, 1.82) is 0 Å². The van der Waals surface area contributed by atoms with Crippen LogP contribution in [0.5, 0.6) is 0 Å². The van der Waals surface area contributed by atoms with E-state index in [2.05, 4.69) is 20.7 Å². The molecule has 6 nitrogen and oxygen atoms in total. The van der Waals surface area contributed by atoms with Gasteiger partial charge in [-0.2, -0.15) is 0 Å². The van der Waals surface area contributed by atoms with Gasteiger partial charge < -0.3 is 10.7 Å². The summed E-state index contributed by atoms with van der Waals surface area (Å²) in [5, 5.41) is 2.99. The van der Waals surface area contributed by atoms with Crippen molar-refractivity contribution in [2.24, 2.45) is 5.84 Å². The molecule has 0 saturated heterocycles. The fourth-order valence-electron chi connectivity index (χ4n) is 0.844. The first kappa shape index (κ1) is 10.9. The highest BCUT2D eigenvalue weighted by molar-refractivity contribution is 7.84. The first-order valence-electron chi connectivity index (χ1n) is 4.05. The minimum atomic E-state index is -0.797. The van der Waals surface area contributed by atoms with Gasteiger partial charge >= 0.3 is 0 Å². The summed E-state index contributed by atoms with van der Waals surface area (Å²) >= 11 is 0. The molecule has 1 rings (SSSR count). The number of rotatable bonds is 5. The molecule has 0 amide bonds. The minimum Gasteiger partial charge on any atom is -0.368 e. The Morgan fingerprint density at radius 3 is 2.86 bits per heavy atom. The Labute approximate surface area is 84.7 Å². The summed E-state index contributed by atoms with van der Waals surface area (Å²) in [5.74, 6) is 6.86. The van der Waals surface area contributed by atoms with E-state index < -0.39 is 10.8 Å². The Bertz CT molecular complexity index is 319. The van der Waals surface area contributed by atoms with Gasteiger partial charge in [0.25, 0.3) is 0 Å². The second-order valence-electron chi connectivity index (χ2n) is 2.64. The number of nitrogen functional groups attached to an aromatic ring is 1. The third-order valence-electron chi connectivity index (χ3n) is 1.48. The van der Waals surface area contributed by atoms with E-state index in [1.807, 2.05) is 0 Å². The van der Waals surface area contributed by atoms with Gasteiger partial charge in [-0.25, -0.2) is 10.8 Å². The van der Waals surface area contributed by atoms with Crippen LogP contribution in [0.4, 0.5) is 11.6 Å². The lowest BCUT2D eigenvalue weighted by Gasteiger charge is -2.04. The standard InChI is InChI=1S/C7H13N5OS/c1-14(13)3-2-10-6-4-9-5-7(11-6)12-8/h4-5H,2-3,8H2,1H3,(H2,10,11,12). The van der Waals surface area contributed by atoms with Crippen LogP contribution in [-0.4, -0.2) is 32.7 Å². The van der Waals surface area contributed by atoms with Crippen LogP contribution in [0.2, 0.25) is 0 Å². The molecule has 1 heterocycles. The highest BCUT2D eigenvalue weighted by Gasteiger charge is 1.96. The van der Waals surface area contributed by atoms with Gasteiger partial charge in [-0.3, -0.25) is 9.19 Å². The first-order valence-corrected chi connectivity index (χ1v) is 5.77. The number of hydrogen-bond acceptors (Lipinski definition) is 6. The Balaban J connectivity index is 2.46. The maximum atomic E-state index is 10.8. The lowest BCUT2D eigenvalue weighted by Crippen LogP contribution is -2.13. The number of nitrogens with two attached hydrogens (primary N) is 1. The third-order valence-corrected chi connectivity index (χ3v) is 2.26. The van der Waals surface area contributed by atoms with Gasteiger partial charge in [0.1, 0.15) is 5.82 Å². The molecule has 7 heteroatoms. The van der Waals surface area contributed by atoms with E-state index in [4.69, 9.17) is 5.84 Å². The van der Waals surface area contributed by atoms with Crippen molar-refractivity contribution in [2.75, 3.05) is 29.3 Å². The zero-order valence-electron chi connectivity index (χ0n) is 7.86. The fraction of sp³-hybridized carbons (Fsp3) is 0.429. The molecule has 1 atom stereocenters. The van der Waals surface area contributed by atoms with Crippen molar-refractivity contribution < 1.29 is 4.21 Å². The molecule has 1 aromatic heterocycles. The molecule has 0 aromatic carbocycles. The number of nitrogens with one attached hydrogen (secondary N) is 2. The first-order chi connectivity index (χ1) is 6.72. The second kappa shape index (κ2) is 5.51. The molecule has 0 aliphatic carbocycles. The second-order valence-corrected chi connectivity index (χ2v) is 4.19. The molecule has 0 spiro atoms. The molecule has 0 bridgehead atoms. The average Bonchev–Trinajstić information content (AvgIpc) is 2.18. The molecule has 0 aliphatic heterocycles. The molecule has 4 N–H and O–H groups in total. The van der Waals surface area contributed by atoms with Crippen molar-refractivity contribution >= 4 is 22.4 Å². The monoisotopic (exact) mass is 215 g/mol. The largest absolute Gasteiger partial charge is 0.368 e. The van der Waals surface area contributed by atoms with Crippen LogP contribution in [-0.2, 0) is 10.8 Å². The minimum absolute atomic E-state index is 0.493. The van der Waals surface area contributed by atoms with E-state index >= 15 is 0 Å². The van der Waals surface area contributed by atoms with Crippen LogP contribution in [0.1, 0.15) is 0 Å². The molecule has 0 saturated carbocycles. The molecule has 0 fully saturated rings. The SMILES string of the molecule is CS(=O)CCNc1cncc(NN)n1. The summed E-state index contributed by atoms with van der Waals surface area (Å²) in [6.45, 7) is 0.603. The van der Waals surface area contributed by atoms with E-state index in [1.165, 1.54) is 6.20 Å². The van der Waals surface area contributed by atoms with E-state index in [0.717, 1.165) is 0 Å². The van der Waals surface area contributed by atoms with Gasteiger partial charge in [-0.15, -0.1) is 0 Å². The Kier molecular flexibility index (Phi) is 4.27. The number of aromatic nitrogens is 2. The van der Waals surface area contributed by atoms with Gasteiger partial charge in [-0.1, -0.05) is 0 Å². The molecular formula is C7H13N5OS. The summed E-state index contributed by atoms with van der Waals surface area (Å²) in [4.78, 5) is 7.99. The molecule has 1 aromatic rings. The van der Waals surface area contributed by atoms with Crippen LogP contribution in [0.3, 0.4) is 0 Å². The lowest BCUT2D eigenvalue weighted by atomic mass is 10.6. The molecule has 78 valence electrons. The molecule has 0 radical (unpaired) electrons. The van der Waals surface area contributed by atoms with Crippen LogP contribution in [0.15, 0.2) is 12.4 Å². The third kappa shape index (κ3) is 3.67. The Morgan fingerprint density at radius 1 is 1.50 bits per heavy atom. The summed E-state index contributed by atoms with van der Waals surface area (Å²) in [6, 6.07) is 0. The van der Waals surface area contributed by atoms with E-state index in [9.17, 15) is 4.21 Å². The van der Waals surface area contributed by atoms with Crippen molar-refractivity contribution in [3.63, 3.8) is 0 Å². The van der Waals surface area contributed by atoms with Crippen molar-refractivity contribution in [3.8, 4) is 0 Å². The predicted molar refractivity (Wildman–Crippen MR) is 57.3 cm³/mol. The smallest absolute Gasteiger partial charge is 0.160 e. The predicted octanol–water partition coefficient (Wildman–Crippen LogP) is -0.447. The normalized spacial score (nSPS) is 12.1. The van der Waals surface area contributed by atoms with Gasteiger partial charge in [0.15, 0.2) is 5.82 Å². The highest BCUT2D eigenvalue weighted by atomic mass is 32.2. The van der Waals surface area contributed by atoms with E-state index in [0.29, 0.717) is 23.9 Å². The number of nitrogens with zero attached hydrogens (tertiary/aromatic N) is 2. The van der Waals surface area contributed by atoms with Crippen LogP contribution < -0.4 is 16.6 Å². The summed E-state index contributed by atoms with van der Waals surface area (Å²) in [5.41, 5.74) is 2.39. The van der Waals surface area contributed by atoms with Gasteiger partial charge in [0, 0.05) is 29.4 Å². The zero-order chi connectivity index (χ0) is 10.4. The molecular weight excluding hydrogens is 202 g/mol. The van der Waals surface area contributed by atoms with E-state index in [-0.39, 0.29) is 0 Å². The quantitative estimate of drug-likeness (QED) is 0.455. The fourth-order valence-corrected chi connectivity index (χ4v) is 1.23.